The van der Waals surface area contributed by atoms with E-state index in [0.29, 0.717) is 6.42 Å². The number of carbonyl (C=O) groups is 2. The molecule has 1 rings (SSSR count). The smallest absolute Gasteiger partial charge is 0.416 e. The number of esters is 1. The molecule has 1 aromatic rings. The minimum absolute atomic E-state index is 0.228. The summed E-state index contributed by atoms with van der Waals surface area (Å²) < 4.78 is 43.0. The molecule has 0 fully saturated rings. The Hall–Kier alpha value is -2.05. The Labute approximate surface area is 158 Å². The van der Waals surface area contributed by atoms with Crippen molar-refractivity contribution >= 4 is 11.9 Å². The highest BCUT2D eigenvalue weighted by molar-refractivity contribution is 5.85. The van der Waals surface area contributed by atoms with E-state index >= 15 is 0 Å². The van der Waals surface area contributed by atoms with Crippen LogP contribution >= 0.6 is 0 Å². The number of carbonyl (C=O) groups excluding carboxylic acids is 2. The first-order chi connectivity index (χ1) is 12.8. The first-order valence-corrected chi connectivity index (χ1v) is 9.31. The van der Waals surface area contributed by atoms with Gasteiger partial charge >= 0.3 is 12.1 Å². The van der Waals surface area contributed by atoms with Crippen LogP contribution in [0.3, 0.4) is 0 Å². The minimum atomic E-state index is -4.46. The number of ether oxygens (including phenoxy) is 1. The standard InChI is InChI=1S/C20H28F3NO3/c1-3-4-5-6-7-8-12-17(19(26)27-2)24-18(25)14-15-10-9-11-16(13-15)20(21,22)23/h9-11,13,17H,3-8,12,14H2,1-2H3,(H,24,25)/t17-/m1/s1. The van der Waals surface area contributed by atoms with Gasteiger partial charge in [0.15, 0.2) is 0 Å². The van der Waals surface area contributed by atoms with E-state index in [4.69, 9.17) is 4.74 Å². The molecule has 0 unspecified atom stereocenters. The molecule has 1 atom stereocenters. The van der Waals surface area contributed by atoms with Crippen molar-refractivity contribution in [1.29, 1.82) is 0 Å². The van der Waals surface area contributed by atoms with Gasteiger partial charge in [0.05, 0.1) is 19.1 Å². The fraction of sp³-hybridized carbons (Fsp3) is 0.600. The molecule has 0 aliphatic carbocycles. The molecule has 152 valence electrons. The monoisotopic (exact) mass is 387 g/mol. The molecule has 0 aromatic heterocycles. The van der Waals surface area contributed by atoms with E-state index in [2.05, 4.69) is 12.2 Å². The van der Waals surface area contributed by atoms with E-state index in [1.807, 2.05) is 0 Å². The van der Waals surface area contributed by atoms with Crippen molar-refractivity contribution < 1.29 is 27.5 Å². The number of hydrogen-bond donors (Lipinski definition) is 1. The molecule has 0 bridgehead atoms. The summed E-state index contributed by atoms with van der Waals surface area (Å²) in [5, 5.41) is 2.58. The lowest BCUT2D eigenvalue weighted by Gasteiger charge is -2.17. The van der Waals surface area contributed by atoms with E-state index in [1.165, 1.54) is 25.7 Å². The van der Waals surface area contributed by atoms with Crippen LogP contribution in [0.2, 0.25) is 0 Å². The minimum Gasteiger partial charge on any atom is -0.467 e. The molecule has 1 aromatic carbocycles. The normalized spacial score (nSPS) is 12.5. The van der Waals surface area contributed by atoms with Gasteiger partial charge in [-0.25, -0.2) is 4.79 Å². The Morgan fingerprint density at radius 3 is 2.41 bits per heavy atom. The molecule has 0 aliphatic rings. The van der Waals surface area contributed by atoms with Crippen LogP contribution in [-0.2, 0) is 26.9 Å². The van der Waals surface area contributed by atoms with Gasteiger partial charge in [0.1, 0.15) is 6.04 Å². The van der Waals surface area contributed by atoms with Gasteiger partial charge in [-0.15, -0.1) is 0 Å². The summed E-state index contributed by atoms with van der Waals surface area (Å²) in [5.41, 5.74) is -0.560. The predicted molar refractivity (Wildman–Crippen MR) is 97.1 cm³/mol. The second-order valence-corrected chi connectivity index (χ2v) is 6.57. The fourth-order valence-corrected chi connectivity index (χ4v) is 2.81. The predicted octanol–water partition coefficient (Wildman–Crippen LogP) is 4.66. The van der Waals surface area contributed by atoms with Crippen LogP contribution in [-0.4, -0.2) is 25.0 Å². The molecule has 0 radical (unpaired) electrons. The van der Waals surface area contributed by atoms with Gasteiger partial charge in [0.25, 0.3) is 0 Å². The molecule has 0 saturated heterocycles. The third-order valence-electron chi connectivity index (χ3n) is 4.29. The summed E-state index contributed by atoms with van der Waals surface area (Å²) >= 11 is 0. The van der Waals surface area contributed by atoms with Crippen LogP contribution in [0, 0.1) is 0 Å². The summed E-state index contributed by atoms with van der Waals surface area (Å²) in [6.45, 7) is 2.13. The summed E-state index contributed by atoms with van der Waals surface area (Å²) in [5.74, 6) is -1.04. The van der Waals surface area contributed by atoms with E-state index in [9.17, 15) is 22.8 Å². The molecule has 4 nitrogen and oxygen atoms in total. The molecular weight excluding hydrogens is 359 g/mol. The van der Waals surface area contributed by atoms with E-state index < -0.39 is 29.7 Å². The highest BCUT2D eigenvalue weighted by atomic mass is 19.4. The molecule has 0 heterocycles. The molecule has 0 spiro atoms. The molecule has 0 saturated carbocycles. The first-order valence-electron chi connectivity index (χ1n) is 9.31. The van der Waals surface area contributed by atoms with Gasteiger partial charge in [0.2, 0.25) is 5.91 Å². The van der Waals surface area contributed by atoms with E-state index in [0.717, 1.165) is 44.2 Å². The summed E-state index contributed by atoms with van der Waals surface area (Å²) in [6, 6.07) is 3.84. The van der Waals surface area contributed by atoms with Crippen LogP contribution in [0.4, 0.5) is 13.2 Å². The van der Waals surface area contributed by atoms with Crippen molar-refractivity contribution in [3.8, 4) is 0 Å². The maximum Gasteiger partial charge on any atom is 0.416 e. The average molecular weight is 387 g/mol. The molecular formula is C20H28F3NO3. The second kappa shape index (κ2) is 11.6. The van der Waals surface area contributed by atoms with Gasteiger partial charge in [-0.05, 0) is 18.1 Å². The Balaban J connectivity index is 2.57. The van der Waals surface area contributed by atoms with Crippen molar-refractivity contribution in [1.82, 2.24) is 5.32 Å². The van der Waals surface area contributed by atoms with Crippen LogP contribution in [0.15, 0.2) is 24.3 Å². The van der Waals surface area contributed by atoms with Crippen molar-refractivity contribution in [3.05, 3.63) is 35.4 Å². The SMILES string of the molecule is CCCCCCCC[C@@H](NC(=O)Cc1cccc(C(F)(F)F)c1)C(=O)OC. The molecule has 1 N–H and O–H groups in total. The van der Waals surface area contributed by atoms with Crippen molar-refractivity contribution in [3.63, 3.8) is 0 Å². The van der Waals surface area contributed by atoms with Gasteiger partial charge in [-0.3, -0.25) is 4.79 Å². The maximum atomic E-state index is 12.8. The number of methoxy groups -OCH3 is 1. The Morgan fingerprint density at radius 2 is 1.78 bits per heavy atom. The second-order valence-electron chi connectivity index (χ2n) is 6.57. The number of alkyl halides is 3. The summed E-state index contributed by atoms with van der Waals surface area (Å²) in [7, 11) is 1.25. The largest absolute Gasteiger partial charge is 0.467 e. The Morgan fingerprint density at radius 1 is 1.11 bits per heavy atom. The third-order valence-corrected chi connectivity index (χ3v) is 4.29. The van der Waals surface area contributed by atoms with Crippen LogP contribution in [0.1, 0.15) is 63.0 Å². The average Bonchev–Trinajstić information content (AvgIpc) is 2.62. The van der Waals surface area contributed by atoms with Crippen LogP contribution in [0.25, 0.3) is 0 Å². The van der Waals surface area contributed by atoms with Crippen molar-refractivity contribution in [2.24, 2.45) is 0 Å². The summed E-state index contributed by atoms with van der Waals surface area (Å²) in [6.07, 6.45) is 2.02. The fourth-order valence-electron chi connectivity index (χ4n) is 2.81. The number of halogens is 3. The zero-order valence-corrected chi connectivity index (χ0v) is 15.9. The van der Waals surface area contributed by atoms with Crippen molar-refractivity contribution in [2.45, 2.75) is 70.5 Å². The Kier molecular flexibility index (Phi) is 9.89. The lowest BCUT2D eigenvalue weighted by Crippen LogP contribution is -2.42. The highest BCUT2D eigenvalue weighted by Crippen LogP contribution is 2.29. The lowest BCUT2D eigenvalue weighted by atomic mass is 10.0. The molecule has 1 amide bonds. The van der Waals surface area contributed by atoms with Crippen molar-refractivity contribution in [2.75, 3.05) is 7.11 Å². The molecule has 27 heavy (non-hydrogen) atoms. The third kappa shape index (κ3) is 8.93. The highest BCUT2D eigenvalue weighted by Gasteiger charge is 2.30. The quantitative estimate of drug-likeness (QED) is 0.444. The maximum absolute atomic E-state index is 12.8. The number of unbranched alkanes of at least 4 members (excludes halogenated alkanes) is 5. The summed E-state index contributed by atoms with van der Waals surface area (Å²) in [4.78, 5) is 24.0. The molecule has 0 aliphatic heterocycles. The number of rotatable bonds is 11. The Bertz CT molecular complexity index is 602. The lowest BCUT2D eigenvalue weighted by molar-refractivity contribution is -0.145. The van der Waals surface area contributed by atoms with Gasteiger partial charge in [0, 0.05) is 0 Å². The van der Waals surface area contributed by atoms with Gasteiger partial charge < -0.3 is 10.1 Å². The van der Waals surface area contributed by atoms with Crippen LogP contribution < -0.4 is 5.32 Å². The first kappa shape index (κ1) is 23.0. The molecule has 7 heteroatoms. The van der Waals surface area contributed by atoms with E-state index in [1.54, 1.807) is 0 Å². The zero-order valence-electron chi connectivity index (χ0n) is 15.9. The van der Waals surface area contributed by atoms with Crippen LogP contribution in [0.5, 0.6) is 0 Å². The van der Waals surface area contributed by atoms with E-state index in [-0.39, 0.29) is 12.0 Å². The van der Waals surface area contributed by atoms with Gasteiger partial charge in [-0.2, -0.15) is 13.2 Å². The number of hydrogen-bond acceptors (Lipinski definition) is 3. The zero-order chi connectivity index (χ0) is 20.3. The number of nitrogens with one attached hydrogen (secondary N) is 1. The number of amides is 1. The number of benzene rings is 1. The van der Waals surface area contributed by atoms with Gasteiger partial charge in [-0.1, -0.05) is 63.6 Å². The topological polar surface area (TPSA) is 55.4 Å².